The molecule has 0 unspecified atom stereocenters. The van der Waals surface area contributed by atoms with Crippen molar-refractivity contribution in [3.8, 4) is 17.0 Å². The standard InChI is InChI=1S/C23H21ClF3N3O/c24-20-4-2-1-3-19(20)15-5-7-21(16(11-15)12-28)30-10-9-18(14-30)31-22-8-6-17(13-29-22)23(25,26)27/h1-8,11,13,18H,9-10,12,14,28H2/t18-/m0/s1. The largest absolute Gasteiger partial charge is 0.472 e. The Hall–Kier alpha value is -2.77. The molecule has 1 atom stereocenters. The molecule has 1 saturated heterocycles. The Morgan fingerprint density at radius 1 is 1.13 bits per heavy atom. The molecule has 3 aromatic rings. The first kappa shape index (κ1) is 21.5. The van der Waals surface area contributed by atoms with E-state index in [1.54, 1.807) is 0 Å². The van der Waals surface area contributed by atoms with Crippen LogP contribution in [-0.2, 0) is 12.7 Å². The van der Waals surface area contributed by atoms with Crippen molar-refractivity contribution < 1.29 is 17.9 Å². The molecular formula is C23H21ClF3N3O. The predicted octanol–water partition coefficient (Wildman–Crippen LogP) is 5.54. The molecule has 0 aliphatic carbocycles. The predicted molar refractivity (Wildman–Crippen MR) is 115 cm³/mol. The second-order valence-electron chi connectivity index (χ2n) is 7.38. The van der Waals surface area contributed by atoms with Gasteiger partial charge in [0.05, 0.1) is 12.1 Å². The van der Waals surface area contributed by atoms with Crippen molar-refractivity contribution in [2.75, 3.05) is 18.0 Å². The summed E-state index contributed by atoms with van der Waals surface area (Å²) in [6, 6.07) is 16.0. The molecule has 0 radical (unpaired) electrons. The number of ether oxygens (including phenoxy) is 1. The molecule has 0 bridgehead atoms. The van der Waals surface area contributed by atoms with Crippen LogP contribution in [0.25, 0.3) is 11.1 Å². The Balaban J connectivity index is 1.47. The van der Waals surface area contributed by atoms with Crippen LogP contribution in [0, 0.1) is 0 Å². The summed E-state index contributed by atoms with van der Waals surface area (Å²) in [6.07, 6.45) is -3.05. The second-order valence-corrected chi connectivity index (χ2v) is 7.79. The topological polar surface area (TPSA) is 51.4 Å². The molecule has 1 fully saturated rings. The maximum absolute atomic E-state index is 12.7. The summed E-state index contributed by atoms with van der Waals surface area (Å²) in [5.41, 5.74) is 9.18. The van der Waals surface area contributed by atoms with Gasteiger partial charge in [0, 0.05) is 48.0 Å². The van der Waals surface area contributed by atoms with Gasteiger partial charge in [-0.1, -0.05) is 35.9 Å². The SMILES string of the molecule is NCc1cc(-c2ccccc2Cl)ccc1N1CC[C@H](Oc2ccc(C(F)(F)F)cn2)C1. The Bertz CT molecular complexity index is 1060. The normalized spacial score (nSPS) is 16.5. The van der Waals surface area contributed by atoms with Crippen LogP contribution in [-0.4, -0.2) is 24.2 Å². The van der Waals surface area contributed by atoms with E-state index in [9.17, 15) is 13.2 Å². The van der Waals surface area contributed by atoms with Gasteiger partial charge in [-0.3, -0.25) is 0 Å². The molecule has 4 nitrogen and oxygen atoms in total. The summed E-state index contributed by atoms with van der Waals surface area (Å²) in [4.78, 5) is 5.97. The Morgan fingerprint density at radius 3 is 2.61 bits per heavy atom. The molecule has 2 heterocycles. The quantitative estimate of drug-likeness (QED) is 0.558. The fourth-order valence-electron chi connectivity index (χ4n) is 3.75. The molecular weight excluding hydrogens is 427 g/mol. The van der Waals surface area contributed by atoms with E-state index >= 15 is 0 Å². The minimum atomic E-state index is -4.41. The smallest absolute Gasteiger partial charge is 0.417 e. The maximum Gasteiger partial charge on any atom is 0.417 e. The van der Waals surface area contributed by atoms with Crippen molar-refractivity contribution in [2.45, 2.75) is 25.2 Å². The average molecular weight is 448 g/mol. The van der Waals surface area contributed by atoms with Crippen molar-refractivity contribution in [1.82, 2.24) is 4.98 Å². The number of nitrogens with two attached hydrogens (primary N) is 1. The van der Waals surface area contributed by atoms with Gasteiger partial charge in [0.25, 0.3) is 0 Å². The van der Waals surface area contributed by atoms with Crippen molar-refractivity contribution in [3.63, 3.8) is 0 Å². The van der Waals surface area contributed by atoms with Crippen molar-refractivity contribution in [2.24, 2.45) is 5.73 Å². The summed E-state index contributed by atoms with van der Waals surface area (Å²) >= 11 is 6.33. The lowest BCUT2D eigenvalue weighted by Gasteiger charge is -2.22. The van der Waals surface area contributed by atoms with Gasteiger partial charge in [0.15, 0.2) is 0 Å². The number of hydrogen-bond acceptors (Lipinski definition) is 4. The number of rotatable bonds is 5. The summed E-state index contributed by atoms with van der Waals surface area (Å²) in [5.74, 6) is 0.188. The number of nitrogens with zero attached hydrogens (tertiary/aromatic N) is 2. The van der Waals surface area contributed by atoms with E-state index in [2.05, 4.69) is 9.88 Å². The molecule has 1 aromatic heterocycles. The minimum absolute atomic E-state index is 0.168. The van der Waals surface area contributed by atoms with E-state index < -0.39 is 11.7 Å². The number of halogens is 4. The van der Waals surface area contributed by atoms with Crippen LogP contribution in [0.1, 0.15) is 17.5 Å². The van der Waals surface area contributed by atoms with E-state index in [4.69, 9.17) is 22.1 Å². The highest BCUT2D eigenvalue weighted by Gasteiger charge is 2.31. The van der Waals surface area contributed by atoms with E-state index in [1.165, 1.54) is 6.07 Å². The van der Waals surface area contributed by atoms with E-state index in [1.807, 2.05) is 42.5 Å². The molecule has 1 aliphatic heterocycles. The van der Waals surface area contributed by atoms with Gasteiger partial charge in [-0.05, 0) is 35.4 Å². The molecule has 2 aromatic carbocycles. The zero-order valence-corrected chi connectivity index (χ0v) is 17.3. The van der Waals surface area contributed by atoms with Crippen molar-refractivity contribution in [3.05, 3.63) is 76.9 Å². The van der Waals surface area contributed by atoms with Crippen LogP contribution in [0.4, 0.5) is 18.9 Å². The monoisotopic (exact) mass is 447 g/mol. The lowest BCUT2D eigenvalue weighted by Crippen LogP contribution is -2.26. The summed E-state index contributed by atoms with van der Waals surface area (Å²) in [5, 5.41) is 0.678. The van der Waals surface area contributed by atoms with Crippen molar-refractivity contribution >= 4 is 17.3 Å². The maximum atomic E-state index is 12.7. The second kappa shape index (κ2) is 8.77. The van der Waals surface area contributed by atoms with Crippen LogP contribution in [0.5, 0.6) is 5.88 Å². The number of aromatic nitrogens is 1. The highest BCUT2D eigenvalue weighted by atomic mass is 35.5. The highest BCUT2D eigenvalue weighted by molar-refractivity contribution is 6.33. The molecule has 4 rings (SSSR count). The zero-order chi connectivity index (χ0) is 22.0. The molecule has 8 heteroatoms. The number of hydrogen-bond donors (Lipinski definition) is 1. The Kier molecular flexibility index (Phi) is 6.07. The third kappa shape index (κ3) is 4.78. The van der Waals surface area contributed by atoms with Crippen LogP contribution in [0.15, 0.2) is 60.8 Å². The fraction of sp³-hybridized carbons (Fsp3) is 0.261. The lowest BCUT2D eigenvalue weighted by molar-refractivity contribution is -0.137. The first-order chi connectivity index (χ1) is 14.8. The van der Waals surface area contributed by atoms with Gasteiger partial charge in [-0.25, -0.2) is 4.98 Å². The molecule has 0 amide bonds. The number of anilines is 1. The lowest BCUT2D eigenvalue weighted by atomic mass is 10.0. The third-order valence-corrected chi connectivity index (χ3v) is 5.65. The summed E-state index contributed by atoms with van der Waals surface area (Å²) in [7, 11) is 0. The van der Waals surface area contributed by atoms with E-state index in [-0.39, 0.29) is 12.0 Å². The van der Waals surface area contributed by atoms with E-state index in [0.717, 1.165) is 47.6 Å². The van der Waals surface area contributed by atoms with Crippen LogP contribution < -0.4 is 15.4 Å². The Morgan fingerprint density at radius 2 is 1.94 bits per heavy atom. The molecule has 2 N–H and O–H groups in total. The zero-order valence-electron chi connectivity index (χ0n) is 16.6. The molecule has 1 aliphatic rings. The fourth-order valence-corrected chi connectivity index (χ4v) is 4.00. The number of alkyl halides is 3. The number of pyridine rings is 1. The van der Waals surface area contributed by atoms with Gasteiger partial charge in [-0.2, -0.15) is 13.2 Å². The average Bonchev–Trinajstić information content (AvgIpc) is 3.21. The van der Waals surface area contributed by atoms with Crippen molar-refractivity contribution in [1.29, 1.82) is 0 Å². The molecule has 0 saturated carbocycles. The Labute approximate surface area is 183 Å². The minimum Gasteiger partial charge on any atom is -0.472 e. The van der Waals surface area contributed by atoms with Crippen LogP contribution in [0.2, 0.25) is 5.02 Å². The third-order valence-electron chi connectivity index (χ3n) is 5.32. The van der Waals surface area contributed by atoms with E-state index in [0.29, 0.717) is 18.1 Å². The number of benzene rings is 2. The van der Waals surface area contributed by atoms with Gasteiger partial charge < -0.3 is 15.4 Å². The molecule has 31 heavy (non-hydrogen) atoms. The summed E-state index contributed by atoms with van der Waals surface area (Å²) in [6.45, 7) is 1.72. The molecule has 0 spiro atoms. The van der Waals surface area contributed by atoms with Crippen LogP contribution in [0.3, 0.4) is 0 Å². The van der Waals surface area contributed by atoms with Gasteiger partial charge in [0.2, 0.25) is 5.88 Å². The van der Waals surface area contributed by atoms with Crippen LogP contribution >= 0.6 is 11.6 Å². The first-order valence-electron chi connectivity index (χ1n) is 9.88. The van der Waals surface area contributed by atoms with Gasteiger partial charge in [-0.15, -0.1) is 0 Å². The first-order valence-corrected chi connectivity index (χ1v) is 10.3. The van der Waals surface area contributed by atoms with Gasteiger partial charge >= 0.3 is 6.18 Å². The molecule has 162 valence electrons. The van der Waals surface area contributed by atoms with Gasteiger partial charge in [0.1, 0.15) is 6.10 Å². The highest BCUT2D eigenvalue weighted by Crippen LogP contribution is 2.34. The summed E-state index contributed by atoms with van der Waals surface area (Å²) < 4.78 is 43.9.